The molecule has 0 rings (SSSR count). The first-order valence-corrected chi connectivity index (χ1v) is 5.12. The molecule has 0 aliphatic rings. The Bertz CT molecular complexity index is 310. The average Bonchev–Trinajstić information content (AvgIpc) is 1.80. The first kappa shape index (κ1) is 17.2. The van der Waals surface area contributed by atoms with Crippen molar-refractivity contribution < 1.29 is 69.1 Å². The Labute approximate surface area is 127 Å². The molecule has 0 aliphatic heterocycles. The van der Waals surface area contributed by atoms with Gasteiger partial charge in [0.1, 0.15) is 0 Å². The molecule has 0 aliphatic carbocycles. The van der Waals surface area contributed by atoms with E-state index in [2.05, 4.69) is 11.9 Å². The summed E-state index contributed by atoms with van der Waals surface area (Å²) in [6.07, 6.45) is 1.01. The number of carbonyl (C=O) groups excluding carboxylic acids is 1. The molecule has 0 aromatic heterocycles. The van der Waals surface area contributed by atoms with E-state index in [4.69, 9.17) is 0 Å². The van der Waals surface area contributed by atoms with Gasteiger partial charge in [0.25, 0.3) is 0 Å². The van der Waals surface area contributed by atoms with Crippen LogP contribution in [0.1, 0.15) is 13.8 Å². The first-order chi connectivity index (χ1) is 5.66. The number of amides is 1. The molecule has 0 heterocycles. The zero-order valence-electron chi connectivity index (χ0n) is 8.53. The molecule has 14 heavy (non-hydrogen) atoms. The molecule has 0 saturated carbocycles. The van der Waals surface area contributed by atoms with E-state index in [1.54, 1.807) is 0 Å². The van der Waals surface area contributed by atoms with Crippen LogP contribution < -0.4 is 56.7 Å². The smallest absolute Gasteiger partial charge is 0.748 e. The van der Waals surface area contributed by atoms with E-state index in [0.29, 0.717) is 0 Å². The molecule has 0 unspecified atom stereocenters. The summed E-state index contributed by atoms with van der Waals surface area (Å²) in [5.74, 6) is -1.15. The maximum absolute atomic E-state index is 10.8. The molecule has 5 nitrogen and oxygen atoms in total. The van der Waals surface area contributed by atoms with Crippen LogP contribution in [0.15, 0.2) is 12.7 Å². The summed E-state index contributed by atoms with van der Waals surface area (Å²) < 4.78 is 31.2. The Kier molecular flexibility index (Phi) is 7.80. The van der Waals surface area contributed by atoms with E-state index >= 15 is 0 Å². The Hall–Kier alpha value is 0.756. The van der Waals surface area contributed by atoms with E-state index < -0.39 is 27.3 Å². The molecule has 0 aromatic rings. The molecule has 1 N–H and O–H groups in total. The summed E-state index contributed by atoms with van der Waals surface area (Å²) in [4.78, 5) is 10.8. The minimum atomic E-state index is -4.33. The predicted octanol–water partition coefficient (Wildman–Crippen LogP) is -3.38. The average molecular weight is 245 g/mol. The van der Waals surface area contributed by atoms with Gasteiger partial charge in [-0.2, -0.15) is 0 Å². The fourth-order valence-corrected chi connectivity index (χ4v) is 1.82. The van der Waals surface area contributed by atoms with Crippen molar-refractivity contribution in [3.05, 3.63) is 12.7 Å². The topological polar surface area (TPSA) is 86.3 Å². The molecule has 0 atom stereocenters. The van der Waals surface area contributed by atoms with E-state index in [0.717, 1.165) is 6.08 Å². The SMILES string of the molecule is C=CC(=O)NC(C)(C)CS(=O)(=O)[O-].[K+]. The van der Waals surface area contributed by atoms with Gasteiger partial charge in [-0.3, -0.25) is 4.79 Å². The van der Waals surface area contributed by atoms with E-state index in [1.165, 1.54) is 13.8 Å². The van der Waals surface area contributed by atoms with Gasteiger partial charge in [0, 0.05) is 5.54 Å². The summed E-state index contributed by atoms with van der Waals surface area (Å²) in [5, 5.41) is 2.33. The van der Waals surface area contributed by atoms with E-state index in [1.807, 2.05) is 0 Å². The molecule has 76 valence electrons. The predicted molar refractivity (Wildman–Crippen MR) is 47.0 cm³/mol. The van der Waals surface area contributed by atoms with Crippen LogP contribution in [0.25, 0.3) is 0 Å². The number of hydrogen-bond donors (Lipinski definition) is 1. The van der Waals surface area contributed by atoms with Gasteiger partial charge in [-0.05, 0) is 19.9 Å². The molecule has 1 amide bonds. The van der Waals surface area contributed by atoms with Crippen molar-refractivity contribution in [1.29, 1.82) is 0 Å². The number of carbonyl (C=O) groups is 1. The normalized spacial score (nSPS) is 11.4. The van der Waals surface area contributed by atoms with Crippen LogP contribution in [0.5, 0.6) is 0 Å². The van der Waals surface area contributed by atoms with Crippen LogP contribution in [-0.2, 0) is 14.9 Å². The monoisotopic (exact) mass is 245 g/mol. The second-order valence-corrected chi connectivity index (χ2v) is 4.68. The Morgan fingerprint density at radius 2 is 2.00 bits per heavy atom. The van der Waals surface area contributed by atoms with Crippen molar-refractivity contribution >= 4 is 16.0 Å². The largest absolute Gasteiger partial charge is 1.00 e. The quantitative estimate of drug-likeness (QED) is 0.318. The minimum absolute atomic E-state index is 0. The summed E-state index contributed by atoms with van der Waals surface area (Å²) in [6, 6.07) is 0. The summed E-state index contributed by atoms with van der Waals surface area (Å²) in [5.41, 5.74) is -1.06. The maximum atomic E-state index is 10.8. The molecule has 7 heteroatoms. The molecule has 0 aromatic carbocycles. The number of nitrogens with one attached hydrogen (secondary N) is 1. The second-order valence-electron chi connectivity index (χ2n) is 3.28. The van der Waals surface area contributed by atoms with Gasteiger partial charge in [0.2, 0.25) is 5.91 Å². The van der Waals surface area contributed by atoms with Crippen LogP contribution in [0.2, 0.25) is 0 Å². The third kappa shape index (κ3) is 9.32. The molecular formula is C7H12KNO4S. The fraction of sp³-hybridized carbons (Fsp3) is 0.571. The van der Waals surface area contributed by atoms with Gasteiger partial charge in [-0.1, -0.05) is 6.58 Å². The molecule has 0 bridgehead atoms. The Morgan fingerprint density at radius 3 is 2.29 bits per heavy atom. The van der Waals surface area contributed by atoms with Gasteiger partial charge in [-0.25, -0.2) is 8.42 Å². The van der Waals surface area contributed by atoms with Crippen LogP contribution >= 0.6 is 0 Å². The Balaban J connectivity index is 0. The van der Waals surface area contributed by atoms with E-state index in [9.17, 15) is 17.8 Å². The van der Waals surface area contributed by atoms with Crippen molar-refractivity contribution in [2.24, 2.45) is 0 Å². The van der Waals surface area contributed by atoms with Gasteiger partial charge < -0.3 is 9.87 Å². The third-order valence-electron chi connectivity index (χ3n) is 1.18. The molecule has 0 saturated heterocycles. The molecule has 0 radical (unpaired) electrons. The minimum Gasteiger partial charge on any atom is -0.748 e. The second kappa shape index (κ2) is 6.36. The van der Waals surface area contributed by atoms with Crippen LogP contribution in [0.3, 0.4) is 0 Å². The maximum Gasteiger partial charge on any atom is 1.00 e. The zero-order valence-corrected chi connectivity index (χ0v) is 12.5. The van der Waals surface area contributed by atoms with Crippen molar-refractivity contribution in [1.82, 2.24) is 5.32 Å². The van der Waals surface area contributed by atoms with Crippen molar-refractivity contribution in [2.75, 3.05) is 5.75 Å². The summed E-state index contributed by atoms with van der Waals surface area (Å²) in [7, 11) is -4.33. The molecule has 0 spiro atoms. The Morgan fingerprint density at radius 1 is 1.57 bits per heavy atom. The zero-order chi connectivity index (χ0) is 10.7. The number of rotatable bonds is 4. The number of hydrogen-bond acceptors (Lipinski definition) is 4. The van der Waals surface area contributed by atoms with E-state index in [-0.39, 0.29) is 51.4 Å². The fourth-order valence-electron chi connectivity index (χ4n) is 0.863. The van der Waals surface area contributed by atoms with Crippen molar-refractivity contribution in [2.45, 2.75) is 19.4 Å². The van der Waals surface area contributed by atoms with Crippen LogP contribution in [-0.4, -0.2) is 30.2 Å². The van der Waals surface area contributed by atoms with Gasteiger partial charge in [0.05, 0.1) is 15.9 Å². The van der Waals surface area contributed by atoms with Crippen molar-refractivity contribution in [3.63, 3.8) is 0 Å². The van der Waals surface area contributed by atoms with Gasteiger partial charge in [0.15, 0.2) is 0 Å². The van der Waals surface area contributed by atoms with Gasteiger partial charge >= 0.3 is 51.4 Å². The van der Waals surface area contributed by atoms with Gasteiger partial charge in [-0.15, -0.1) is 0 Å². The van der Waals surface area contributed by atoms with Crippen molar-refractivity contribution in [3.8, 4) is 0 Å². The van der Waals surface area contributed by atoms with Crippen LogP contribution in [0, 0.1) is 0 Å². The standard InChI is InChI=1S/C7H13NO4S.K/c1-4-6(9)8-7(2,3)5-13(10,11)12;/h4H,1,5H2,2-3H3,(H,8,9)(H,10,11,12);/q;+1/p-1. The third-order valence-corrected chi connectivity index (χ3v) is 2.26. The molecular weight excluding hydrogens is 233 g/mol. The first-order valence-electron chi connectivity index (χ1n) is 3.54. The summed E-state index contributed by atoms with van der Waals surface area (Å²) in [6.45, 7) is 6.10. The molecule has 0 fully saturated rings. The summed E-state index contributed by atoms with van der Waals surface area (Å²) >= 11 is 0. The van der Waals surface area contributed by atoms with Crippen LogP contribution in [0.4, 0.5) is 0 Å².